The van der Waals surface area contributed by atoms with Gasteiger partial charge in [-0.15, -0.1) is 5.53 Å². The first-order valence-electron chi connectivity index (χ1n) is 11.0. The number of benzene rings is 1. The summed E-state index contributed by atoms with van der Waals surface area (Å²) in [7, 11) is 1.55. The third kappa shape index (κ3) is 4.18. The molecule has 2 aliphatic rings. The topological polar surface area (TPSA) is 84.3 Å². The monoisotopic (exact) mass is 472 g/mol. The van der Waals surface area contributed by atoms with Gasteiger partial charge in [-0.2, -0.15) is 18.3 Å². The van der Waals surface area contributed by atoms with Gasteiger partial charge in [-0.25, -0.2) is 4.98 Å². The minimum Gasteiger partial charge on any atom is -0.494 e. The van der Waals surface area contributed by atoms with E-state index in [1.54, 1.807) is 18.3 Å². The number of pyridine rings is 1. The highest BCUT2D eigenvalue weighted by Gasteiger charge is 2.33. The Bertz CT molecular complexity index is 1250. The summed E-state index contributed by atoms with van der Waals surface area (Å²) in [6.07, 6.45) is 3.64. The molecule has 8 nitrogen and oxygen atoms in total. The number of alkyl halides is 3. The van der Waals surface area contributed by atoms with Gasteiger partial charge in [0.1, 0.15) is 23.4 Å². The summed E-state index contributed by atoms with van der Waals surface area (Å²) in [6.45, 7) is 0. The van der Waals surface area contributed by atoms with Crippen LogP contribution in [0.4, 0.5) is 18.9 Å². The molecule has 0 saturated heterocycles. The largest absolute Gasteiger partial charge is 0.494 e. The molecule has 0 atom stereocenters. The van der Waals surface area contributed by atoms with Crippen molar-refractivity contribution in [1.82, 2.24) is 25.7 Å². The SMILES string of the molecule is COc1cc2nn(C3CCC(C=O)CC3)cc2cc1N1C=C(c2cccc(C(F)(F)F)n2)NN1. The van der Waals surface area contributed by atoms with E-state index in [2.05, 4.69) is 15.9 Å². The number of carbonyl (C=O) groups excluding carboxylic acids is 1. The fourth-order valence-corrected chi connectivity index (χ4v) is 4.42. The van der Waals surface area contributed by atoms with Crippen molar-refractivity contribution in [2.24, 2.45) is 5.92 Å². The summed E-state index contributed by atoms with van der Waals surface area (Å²) in [6, 6.07) is 7.73. The van der Waals surface area contributed by atoms with Crippen LogP contribution in [0, 0.1) is 5.92 Å². The maximum absolute atomic E-state index is 13.0. The molecular formula is C23H23F3N6O2. The molecule has 1 saturated carbocycles. The minimum atomic E-state index is -4.52. The van der Waals surface area contributed by atoms with Crippen LogP contribution in [0.3, 0.4) is 0 Å². The number of carbonyl (C=O) groups is 1. The molecule has 11 heteroatoms. The van der Waals surface area contributed by atoms with Crippen LogP contribution in [-0.4, -0.2) is 28.2 Å². The second-order valence-electron chi connectivity index (χ2n) is 8.45. The highest BCUT2D eigenvalue weighted by molar-refractivity contribution is 5.87. The minimum absolute atomic E-state index is 0.133. The van der Waals surface area contributed by atoms with E-state index in [1.807, 2.05) is 23.0 Å². The number of nitrogens with zero attached hydrogens (tertiary/aromatic N) is 4. The van der Waals surface area contributed by atoms with Gasteiger partial charge < -0.3 is 9.53 Å². The summed E-state index contributed by atoms with van der Waals surface area (Å²) < 4.78 is 46.7. The molecule has 0 radical (unpaired) electrons. The maximum Gasteiger partial charge on any atom is 0.433 e. The Kier molecular flexibility index (Phi) is 5.64. The Labute approximate surface area is 193 Å². The second kappa shape index (κ2) is 8.64. The lowest BCUT2D eigenvalue weighted by atomic mass is 9.87. The van der Waals surface area contributed by atoms with Crippen LogP contribution in [0.5, 0.6) is 5.75 Å². The maximum atomic E-state index is 13.0. The molecule has 3 heterocycles. The number of halogens is 3. The zero-order valence-electron chi connectivity index (χ0n) is 18.3. The standard InChI is InChI=1S/C23H23F3N6O2/c1-34-21-10-18-15(11-31(29-18)16-7-5-14(13-33)6-8-16)9-20(21)32-12-19(28-30-32)17-3-2-4-22(27-17)23(24,25)26/h2-4,9-14,16,28,30H,5-8H2,1H3. The number of hydrogen-bond acceptors (Lipinski definition) is 7. The van der Waals surface area contributed by atoms with Crippen molar-refractivity contribution in [3.63, 3.8) is 0 Å². The Balaban J connectivity index is 1.43. The number of hydrazine groups is 2. The van der Waals surface area contributed by atoms with Crippen molar-refractivity contribution in [3.8, 4) is 5.75 Å². The first-order chi connectivity index (χ1) is 16.4. The summed E-state index contributed by atoms with van der Waals surface area (Å²) in [5.41, 5.74) is 6.81. The van der Waals surface area contributed by atoms with Crippen LogP contribution in [0.15, 0.2) is 42.7 Å². The van der Waals surface area contributed by atoms with E-state index in [4.69, 9.17) is 9.84 Å². The summed E-state index contributed by atoms with van der Waals surface area (Å²) in [4.78, 5) is 14.8. The van der Waals surface area contributed by atoms with Crippen molar-refractivity contribution in [2.75, 3.05) is 12.1 Å². The van der Waals surface area contributed by atoms with E-state index in [1.165, 1.54) is 12.1 Å². The van der Waals surface area contributed by atoms with Crippen LogP contribution in [0.25, 0.3) is 16.6 Å². The van der Waals surface area contributed by atoms with E-state index in [9.17, 15) is 18.0 Å². The average molecular weight is 472 g/mol. The van der Waals surface area contributed by atoms with Gasteiger partial charge in [-0.3, -0.25) is 15.1 Å². The van der Waals surface area contributed by atoms with Gasteiger partial charge in [0.2, 0.25) is 0 Å². The average Bonchev–Trinajstić information content (AvgIpc) is 3.50. The first kappa shape index (κ1) is 22.2. The fourth-order valence-electron chi connectivity index (χ4n) is 4.42. The normalized spacial score (nSPS) is 20.8. The highest BCUT2D eigenvalue weighted by atomic mass is 19.4. The third-order valence-corrected chi connectivity index (χ3v) is 6.27. The van der Waals surface area contributed by atoms with Gasteiger partial charge in [0, 0.05) is 23.6 Å². The van der Waals surface area contributed by atoms with Gasteiger partial charge >= 0.3 is 6.18 Å². The number of hydrogen-bond donors (Lipinski definition) is 2. The van der Waals surface area contributed by atoms with Crippen molar-refractivity contribution in [2.45, 2.75) is 37.9 Å². The molecule has 0 unspecified atom stereocenters. The fraction of sp³-hybridized carbons (Fsp3) is 0.348. The molecule has 2 aromatic heterocycles. The zero-order chi connectivity index (χ0) is 23.9. The van der Waals surface area contributed by atoms with Crippen molar-refractivity contribution >= 4 is 28.6 Å². The summed E-state index contributed by atoms with van der Waals surface area (Å²) >= 11 is 0. The molecule has 3 aromatic rings. The Morgan fingerprint density at radius 3 is 2.68 bits per heavy atom. The number of ether oxygens (including phenoxy) is 1. The number of fused-ring (bicyclic) bond motifs is 1. The smallest absolute Gasteiger partial charge is 0.433 e. The van der Waals surface area contributed by atoms with Crippen LogP contribution in [0.1, 0.15) is 43.1 Å². The molecule has 1 aliphatic heterocycles. The summed E-state index contributed by atoms with van der Waals surface area (Å²) in [5.74, 6) is 0.681. The van der Waals surface area contributed by atoms with Crippen molar-refractivity contribution < 1.29 is 22.7 Å². The van der Waals surface area contributed by atoms with Gasteiger partial charge in [0.25, 0.3) is 0 Å². The second-order valence-corrected chi connectivity index (χ2v) is 8.45. The zero-order valence-corrected chi connectivity index (χ0v) is 18.3. The molecule has 0 spiro atoms. The molecule has 0 amide bonds. The van der Waals surface area contributed by atoms with Crippen molar-refractivity contribution in [1.29, 1.82) is 0 Å². The predicted octanol–water partition coefficient (Wildman–Crippen LogP) is 4.22. The molecule has 5 rings (SSSR count). The number of rotatable bonds is 5. The van der Waals surface area contributed by atoms with Gasteiger partial charge in [0.15, 0.2) is 0 Å². The van der Waals surface area contributed by atoms with Crippen LogP contribution >= 0.6 is 0 Å². The Morgan fingerprint density at radius 2 is 1.97 bits per heavy atom. The number of methoxy groups -OCH3 is 1. The van der Waals surface area contributed by atoms with E-state index in [0.717, 1.165) is 48.9 Å². The number of nitrogens with one attached hydrogen (secondary N) is 2. The molecule has 34 heavy (non-hydrogen) atoms. The summed E-state index contributed by atoms with van der Waals surface area (Å²) in [5, 5.41) is 7.25. The van der Waals surface area contributed by atoms with E-state index < -0.39 is 11.9 Å². The first-order valence-corrected chi connectivity index (χ1v) is 11.0. The molecular weight excluding hydrogens is 449 g/mol. The Hall–Kier alpha value is -3.60. The lowest BCUT2D eigenvalue weighted by Crippen LogP contribution is -2.36. The molecule has 1 aromatic carbocycles. The molecule has 2 N–H and O–H groups in total. The van der Waals surface area contributed by atoms with E-state index >= 15 is 0 Å². The molecule has 1 fully saturated rings. The van der Waals surface area contributed by atoms with Crippen LogP contribution in [0.2, 0.25) is 0 Å². The highest BCUT2D eigenvalue weighted by Crippen LogP contribution is 2.36. The quantitative estimate of drug-likeness (QED) is 0.538. The number of anilines is 1. The van der Waals surface area contributed by atoms with Crippen LogP contribution in [-0.2, 0) is 11.0 Å². The van der Waals surface area contributed by atoms with Crippen molar-refractivity contribution in [3.05, 3.63) is 54.1 Å². The lowest BCUT2D eigenvalue weighted by molar-refractivity contribution is -0.141. The van der Waals surface area contributed by atoms with Gasteiger partial charge in [-0.05, 0) is 43.9 Å². The lowest BCUT2D eigenvalue weighted by Gasteiger charge is -2.25. The van der Waals surface area contributed by atoms with Crippen LogP contribution < -0.4 is 20.7 Å². The van der Waals surface area contributed by atoms with Gasteiger partial charge in [-0.1, -0.05) is 6.07 Å². The number of aromatic nitrogens is 3. The third-order valence-electron chi connectivity index (χ3n) is 6.27. The molecule has 1 aliphatic carbocycles. The number of aldehydes is 1. The Morgan fingerprint density at radius 1 is 1.18 bits per heavy atom. The predicted molar refractivity (Wildman–Crippen MR) is 119 cm³/mol. The molecule has 178 valence electrons. The molecule has 0 bridgehead atoms. The van der Waals surface area contributed by atoms with Gasteiger partial charge in [0.05, 0.1) is 36.3 Å². The van der Waals surface area contributed by atoms with E-state index in [-0.39, 0.29) is 17.7 Å². The van der Waals surface area contributed by atoms with E-state index in [0.29, 0.717) is 17.1 Å².